The van der Waals surface area contributed by atoms with Crippen molar-refractivity contribution in [2.75, 3.05) is 24.2 Å². The van der Waals surface area contributed by atoms with Crippen LogP contribution in [0, 0.1) is 0 Å². The van der Waals surface area contributed by atoms with Gasteiger partial charge in [-0.15, -0.1) is 10.2 Å². The van der Waals surface area contributed by atoms with E-state index in [0.29, 0.717) is 6.54 Å². The van der Waals surface area contributed by atoms with E-state index in [0.717, 1.165) is 40.8 Å². The van der Waals surface area contributed by atoms with Crippen LogP contribution in [-0.4, -0.2) is 44.4 Å². The van der Waals surface area contributed by atoms with Gasteiger partial charge in [0.25, 0.3) is 0 Å². The van der Waals surface area contributed by atoms with Gasteiger partial charge >= 0.3 is 0 Å². The summed E-state index contributed by atoms with van der Waals surface area (Å²) in [6, 6.07) is 17.9. The molecule has 8 heteroatoms. The predicted molar refractivity (Wildman–Crippen MR) is 124 cm³/mol. The Balaban J connectivity index is 1.46. The molecule has 0 atom stereocenters. The molecule has 0 radical (unpaired) electrons. The van der Waals surface area contributed by atoms with E-state index in [-0.39, 0.29) is 11.7 Å². The number of likely N-dealkylation sites (tertiary alicyclic amines) is 1. The van der Waals surface area contributed by atoms with Crippen LogP contribution in [0.5, 0.6) is 0 Å². The molecule has 1 saturated heterocycles. The molecule has 2 heterocycles. The lowest BCUT2D eigenvalue weighted by molar-refractivity contribution is -0.113. The molecule has 4 rings (SSSR count). The van der Waals surface area contributed by atoms with E-state index in [9.17, 15) is 4.79 Å². The molecule has 1 aliphatic heterocycles. The number of anilines is 1. The van der Waals surface area contributed by atoms with Gasteiger partial charge in [-0.1, -0.05) is 54.2 Å². The Bertz CT molecular complexity index is 988. The SMILES string of the molecule is O=C(CSc1nnc(CN2CCCC2)n1Cc1ccccc1)Nc1ccccc1Br. The minimum atomic E-state index is -0.0674. The van der Waals surface area contributed by atoms with E-state index in [4.69, 9.17) is 0 Å². The van der Waals surface area contributed by atoms with Crippen LogP contribution in [0.25, 0.3) is 0 Å². The maximum atomic E-state index is 12.5. The summed E-state index contributed by atoms with van der Waals surface area (Å²) < 4.78 is 3.01. The number of carbonyl (C=O) groups excluding carboxylic acids is 1. The fourth-order valence-corrected chi connectivity index (χ4v) is 4.63. The lowest BCUT2D eigenvalue weighted by Gasteiger charge is -2.16. The van der Waals surface area contributed by atoms with Crippen molar-refractivity contribution >= 4 is 39.3 Å². The number of hydrogen-bond donors (Lipinski definition) is 1. The monoisotopic (exact) mass is 485 g/mol. The van der Waals surface area contributed by atoms with Crippen molar-refractivity contribution in [3.8, 4) is 0 Å². The second kappa shape index (κ2) is 10.2. The van der Waals surface area contributed by atoms with Gasteiger partial charge in [-0.2, -0.15) is 0 Å². The van der Waals surface area contributed by atoms with Gasteiger partial charge in [0.1, 0.15) is 5.82 Å². The second-order valence-electron chi connectivity index (χ2n) is 7.27. The zero-order valence-corrected chi connectivity index (χ0v) is 19.0. The largest absolute Gasteiger partial charge is 0.324 e. The molecule has 2 aromatic carbocycles. The van der Waals surface area contributed by atoms with Gasteiger partial charge in [-0.3, -0.25) is 9.69 Å². The predicted octanol–water partition coefficient (Wildman–Crippen LogP) is 4.42. The summed E-state index contributed by atoms with van der Waals surface area (Å²) in [7, 11) is 0. The summed E-state index contributed by atoms with van der Waals surface area (Å²) in [6.07, 6.45) is 2.48. The van der Waals surface area contributed by atoms with Gasteiger partial charge in [-0.25, -0.2) is 0 Å². The molecular weight excluding hydrogens is 462 g/mol. The lowest BCUT2D eigenvalue weighted by atomic mass is 10.2. The topological polar surface area (TPSA) is 63.1 Å². The van der Waals surface area contributed by atoms with Gasteiger partial charge in [0.2, 0.25) is 5.91 Å². The van der Waals surface area contributed by atoms with Crippen molar-refractivity contribution in [2.45, 2.75) is 31.1 Å². The first-order chi connectivity index (χ1) is 14.7. The van der Waals surface area contributed by atoms with Crippen molar-refractivity contribution in [3.05, 3.63) is 70.5 Å². The summed E-state index contributed by atoms with van der Waals surface area (Å²) >= 11 is 4.88. The highest BCUT2D eigenvalue weighted by Crippen LogP contribution is 2.24. The second-order valence-corrected chi connectivity index (χ2v) is 9.07. The van der Waals surface area contributed by atoms with E-state index in [1.165, 1.54) is 30.2 Å². The molecule has 0 spiro atoms. The van der Waals surface area contributed by atoms with Crippen molar-refractivity contribution in [2.24, 2.45) is 0 Å². The molecule has 0 unspecified atom stereocenters. The minimum absolute atomic E-state index is 0.0674. The normalized spacial score (nSPS) is 14.2. The third kappa shape index (κ3) is 5.50. The van der Waals surface area contributed by atoms with Gasteiger partial charge in [0, 0.05) is 4.47 Å². The number of aromatic nitrogens is 3. The molecule has 6 nitrogen and oxygen atoms in total. The third-order valence-corrected chi connectivity index (χ3v) is 6.68. The summed E-state index contributed by atoms with van der Waals surface area (Å²) in [5.74, 6) is 1.16. The van der Waals surface area contributed by atoms with Gasteiger partial charge in [0.05, 0.1) is 24.5 Å². The molecule has 1 amide bonds. The Morgan fingerprint density at radius 1 is 1.00 bits per heavy atom. The number of nitrogens with one attached hydrogen (secondary N) is 1. The molecular formula is C22H24BrN5OS. The molecule has 0 saturated carbocycles. The highest BCUT2D eigenvalue weighted by molar-refractivity contribution is 9.10. The van der Waals surface area contributed by atoms with Crippen molar-refractivity contribution in [3.63, 3.8) is 0 Å². The highest BCUT2D eigenvalue weighted by atomic mass is 79.9. The number of rotatable bonds is 8. The smallest absolute Gasteiger partial charge is 0.234 e. The van der Waals surface area contributed by atoms with E-state index >= 15 is 0 Å². The van der Waals surface area contributed by atoms with Gasteiger partial charge in [0.15, 0.2) is 5.16 Å². The molecule has 156 valence electrons. The highest BCUT2D eigenvalue weighted by Gasteiger charge is 2.19. The van der Waals surface area contributed by atoms with Crippen LogP contribution in [0.1, 0.15) is 24.2 Å². The Labute approximate surface area is 189 Å². The van der Waals surface area contributed by atoms with Crippen molar-refractivity contribution in [1.29, 1.82) is 0 Å². The number of amides is 1. The van der Waals surface area contributed by atoms with Crippen molar-refractivity contribution < 1.29 is 4.79 Å². The molecule has 0 bridgehead atoms. The zero-order chi connectivity index (χ0) is 20.8. The minimum Gasteiger partial charge on any atom is -0.324 e. The van der Waals surface area contributed by atoms with Crippen LogP contribution in [0.2, 0.25) is 0 Å². The fourth-order valence-electron chi connectivity index (χ4n) is 3.49. The molecule has 1 aliphatic rings. The molecule has 1 fully saturated rings. The molecule has 0 aliphatic carbocycles. The fraction of sp³-hybridized carbons (Fsp3) is 0.318. The maximum absolute atomic E-state index is 12.5. The Kier molecular flexibility index (Phi) is 7.20. The third-order valence-electron chi connectivity index (χ3n) is 5.02. The Morgan fingerprint density at radius 2 is 1.73 bits per heavy atom. The number of thioether (sulfide) groups is 1. The molecule has 3 aromatic rings. The Hall–Kier alpha value is -2.16. The average Bonchev–Trinajstić information content (AvgIpc) is 3.40. The van der Waals surface area contributed by atoms with Crippen LogP contribution in [0.4, 0.5) is 5.69 Å². The van der Waals surface area contributed by atoms with E-state index in [2.05, 4.69) is 53.0 Å². The summed E-state index contributed by atoms with van der Waals surface area (Å²) in [4.78, 5) is 14.9. The number of benzene rings is 2. The maximum Gasteiger partial charge on any atom is 0.234 e. The number of para-hydroxylation sites is 1. The molecule has 30 heavy (non-hydrogen) atoms. The quantitative estimate of drug-likeness (QED) is 0.478. The summed E-state index contributed by atoms with van der Waals surface area (Å²) in [5.41, 5.74) is 1.96. The van der Waals surface area contributed by atoms with Crippen molar-refractivity contribution in [1.82, 2.24) is 19.7 Å². The summed E-state index contributed by atoms with van der Waals surface area (Å²) in [6.45, 7) is 3.71. The van der Waals surface area contributed by atoms with E-state index in [1.807, 2.05) is 42.5 Å². The lowest BCUT2D eigenvalue weighted by Crippen LogP contribution is -2.22. The number of hydrogen-bond acceptors (Lipinski definition) is 5. The van der Waals surface area contributed by atoms with Crippen LogP contribution < -0.4 is 5.32 Å². The standard InChI is InChI=1S/C22H24BrN5OS/c23-18-10-4-5-11-19(18)24-21(29)16-30-22-26-25-20(15-27-12-6-7-13-27)28(22)14-17-8-2-1-3-9-17/h1-5,8-11H,6-7,12-16H2,(H,24,29). The number of nitrogens with zero attached hydrogens (tertiary/aromatic N) is 4. The zero-order valence-electron chi connectivity index (χ0n) is 16.6. The van der Waals surface area contributed by atoms with Crippen LogP contribution >= 0.6 is 27.7 Å². The first-order valence-corrected chi connectivity index (χ1v) is 11.8. The van der Waals surface area contributed by atoms with Gasteiger partial charge < -0.3 is 9.88 Å². The number of halogens is 1. The first kappa shape index (κ1) is 21.1. The first-order valence-electron chi connectivity index (χ1n) is 10.0. The molecule has 1 N–H and O–H groups in total. The van der Waals surface area contributed by atoms with E-state index < -0.39 is 0 Å². The van der Waals surface area contributed by atoms with Crippen LogP contribution in [0.15, 0.2) is 64.2 Å². The van der Waals surface area contributed by atoms with Gasteiger partial charge in [-0.05, 0) is 59.6 Å². The average molecular weight is 486 g/mol. The van der Waals surface area contributed by atoms with Crippen LogP contribution in [-0.2, 0) is 17.9 Å². The number of carbonyl (C=O) groups is 1. The Morgan fingerprint density at radius 3 is 2.50 bits per heavy atom. The van der Waals surface area contributed by atoms with E-state index in [1.54, 1.807) is 0 Å². The van der Waals surface area contributed by atoms with Crippen LogP contribution in [0.3, 0.4) is 0 Å². The molecule has 1 aromatic heterocycles. The summed E-state index contributed by atoms with van der Waals surface area (Å²) in [5, 5.41) is 12.6.